The maximum Gasteiger partial charge on any atom is 0.137 e. The molecule has 0 heterocycles. The van der Waals surface area contributed by atoms with Gasteiger partial charge in [0.1, 0.15) is 17.9 Å². The quantitative estimate of drug-likeness (QED) is 0.732. The van der Waals surface area contributed by atoms with Gasteiger partial charge in [-0.05, 0) is 49.0 Å². The second-order valence-corrected chi connectivity index (χ2v) is 4.85. The van der Waals surface area contributed by atoms with Crippen LogP contribution in [0, 0.1) is 11.3 Å². The molecule has 0 radical (unpaired) electrons. The molecule has 102 valence electrons. The van der Waals surface area contributed by atoms with Gasteiger partial charge in [0.15, 0.2) is 0 Å². The summed E-state index contributed by atoms with van der Waals surface area (Å²) in [7, 11) is 0. The van der Waals surface area contributed by atoms with E-state index in [9.17, 15) is 0 Å². The summed E-state index contributed by atoms with van der Waals surface area (Å²) in [5, 5.41) is 9.14. The minimum Gasteiger partial charge on any atom is -0.485 e. The van der Waals surface area contributed by atoms with Crippen molar-refractivity contribution in [2.45, 2.75) is 31.8 Å². The Balaban J connectivity index is 2.29. The van der Waals surface area contributed by atoms with Gasteiger partial charge in [0, 0.05) is 0 Å². The van der Waals surface area contributed by atoms with Gasteiger partial charge in [-0.3, -0.25) is 0 Å². The maximum atomic E-state index is 9.14. The number of nitrogens with zero attached hydrogens (tertiary/aromatic N) is 1. The van der Waals surface area contributed by atoms with Gasteiger partial charge in [0.2, 0.25) is 0 Å². The van der Waals surface area contributed by atoms with E-state index in [0.29, 0.717) is 11.3 Å². The van der Waals surface area contributed by atoms with Gasteiger partial charge in [-0.2, -0.15) is 5.26 Å². The van der Waals surface area contributed by atoms with Crippen LogP contribution in [0.15, 0.2) is 60.7 Å². The summed E-state index contributed by atoms with van der Waals surface area (Å²) < 4.78 is 6.10. The fourth-order valence-electron chi connectivity index (χ4n) is 2.62. The van der Waals surface area contributed by atoms with E-state index in [0.717, 1.165) is 25.7 Å². The van der Waals surface area contributed by atoms with Crippen LogP contribution in [-0.2, 0) is 0 Å². The van der Waals surface area contributed by atoms with Gasteiger partial charge in [0.05, 0.1) is 5.56 Å². The Morgan fingerprint density at radius 3 is 2.85 bits per heavy atom. The molecular formula is C18H19NO. The minimum absolute atomic E-state index is 0.0178. The van der Waals surface area contributed by atoms with Crippen molar-refractivity contribution in [2.24, 2.45) is 0 Å². The molecule has 0 saturated heterocycles. The van der Waals surface area contributed by atoms with Crippen LogP contribution in [0.4, 0.5) is 0 Å². The van der Waals surface area contributed by atoms with Gasteiger partial charge in [0.25, 0.3) is 0 Å². The predicted molar refractivity (Wildman–Crippen MR) is 81.5 cm³/mol. The van der Waals surface area contributed by atoms with Crippen molar-refractivity contribution in [2.75, 3.05) is 0 Å². The summed E-state index contributed by atoms with van der Waals surface area (Å²) >= 11 is 0. The molecule has 0 unspecified atom stereocenters. The number of hydrogen-bond acceptors (Lipinski definition) is 2. The summed E-state index contributed by atoms with van der Waals surface area (Å²) in [5.41, 5.74) is 3.08. The lowest BCUT2D eigenvalue weighted by atomic mass is 9.87. The van der Waals surface area contributed by atoms with E-state index in [1.54, 1.807) is 6.07 Å². The third kappa shape index (κ3) is 3.00. The van der Waals surface area contributed by atoms with Crippen molar-refractivity contribution in [1.29, 1.82) is 5.26 Å². The Kier molecular flexibility index (Phi) is 4.79. The Labute approximate surface area is 120 Å². The number of allylic oxidation sites excluding steroid dienone is 3. The van der Waals surface area contributed by atoms with Crippen LogP contribution >= 0.6 is 0 Å². The predicted octanol–water partition coefficient (Wildman–Crippen LogP) is 4.55. The first-order valence-corrected chi connectivity index (χ1v) is 6.91. The lowest BCUT2D eigenvalue weighted by Gasteiger charge is -2.28. The zero-order valence-corrected chi connectivity index (χ0v) is 11.6. The molecule has 0 amide bonds. The van der Waals surface area contributed by atoms with Crippen LogP contribution in [0.1, 0.15) is 31.2 Å². The van der Waals surface area contributed by atoms with E-state index in [1.807, 2.05) is 30.4 Å². The number of rotatable bonds is 5. The molecule has 2 heteroatoms. The zero-order valence-electron chi connectivity index (χ0n) is 11.6. The summed E-state index contributed by atoms with van der Waals surface area (Å²) in [6, 6.07) is 9.55. The molecule has 20 heavy (non-hydrogen) atoms. The molecule has 0 N–H and O–H groups in total. The van der Waals surface area contributed by atoms with Crippen molar-refractivity contribution in [3.63, 3.8) is 0 Å². The van der Waals surface area contributed by atoms with E-state index in [1.165, 1.54) is 11.1 Å². The largest absolute Gasteiger partial charge is 0.485 e. The molecule has 1 aliphatic rings. The number of hydrogen-bond donors (Lipinski definition) is 0. The molecular weight excluding hydrogens is 246 g/mol. The van der Waals surface area contributed by atoms with E-state index in [4.69, 9.17) is 10.00 Å². The van der Waals surface area contributed by atoms with Gasteiger partial charge >= 0.3 is 0 Å². The average Bonchev–Trinajstić information content (AvgIpc) is 2.49. The summed E-state index contributed by atoms with van der Waals surface area (Å²) in [6.07, 6.45) is 7.75. The minimum atomic E-state index is 0.0178. The Morgan fingerprint density at radius 1 is 1.35 bits per heavy atom. The van der Waals surface area contributed by atoms with Crippen LogP contribution in [0.3, 0.4) is 0 Å². The van der Waals surface area contributed by atoms with Crippen LogP contribution in [-0.4, -0.2) is 6.10 Å². The van der Waals surface area contributed by atoms with Gasteiger partial charge in [-0.1, -0.05) is 30.9 Å². The highest BCUT2D eigenvalue weighted by Gasteiger charge is 2.23. The van der Waals surface area contributed by atoms with Crippen molar-refractivity contribution >= 4 is 0 Å². The first-order valence-electron chi connectivity index (χ1n) is 6.91. The maximum absolute atomic E-state index is 9.14. The highest BCUT2D eigenvalue weighted by Crippen LogP contribution is 2.32. The molecule has 2 rings (SSSR count). The fourth-order valence-corrected chi connectivity index (χ4v) is 2.62. The molecule has 0 spiro atoms. The van der Waals surface area contributed by atoms with Crippen LogP contribution in [0.2, 0.25) is 0 Å². The molecule has 1 aliphatic carbocycles. The monoisotopic (exact) mass is 265 g/mol. The highest BCUT2D eigenvalue weighted by atomic mass is 16.5. The molecule has 1 aromatic rings. The van der Waals surface area contributed by atoms with Crippen LogP contribution in [0.25, 0.3) is 0 Å². The van der Waals surface area contributed by atoms with E-state index < -0.39 is 0 Å². The van der Waals surface area contributed by atoms with Crippen molar-refractivity contribution in [1.82, 2.24) is 0 Å². The molecule has 1 atom stereocenters. The second kappa shape index (κ2) is 6.77. The lowest BCUT2D eigenvalue weighted by Crippen LogP contribution is -2.24. The topological polar surface area (TPSA) is 33.0 Å². The normalized spacial score (nSPS) is 18.2. The Hall–Kier alpha value is -2.27. The molecule has 2 nitrogen and oxygen atoms in total. The standard InChI is InChI=1S/C18H19NO/c1-3-8-16-14(4-2)10-7-12-18(16)20-17-11-6-5-9-15(17)13-19/h3-6,9,11,18H,1-2,7-8,10,12H2/t18-/m1/s1. The van der Waals surface area contributed by atoms with Gasteiger partial charge < -0.3 is 4.74 Å². The van der Waals surface area contributed by atoms with E-state index in [2.05, 4.69) is 19.2 Å². The third-order valence-electron chi connectivity index (χ3n) is 3.60. The first kappa shape index (κ1) is 14.1. The summed E-state index contributed by atoms with van der Waals surface area (Å²) in [4.78, 5) is 0. The second-order valence-electron chi connectivity index (χ2n) is 4.85. The SMILES string of the molecule is C=CCC1=C(C=C)CCC[C@H]1Oc1ccccc1C#N. The molecule has 0 fully saturated rings. The van der Waals surface area contributed by atoms with E-state index >= 15 is 0 Å². The third-order valence-corrected chi connectivity index (χ3v) is 3.60. The van der Waals surface area contributed by atoms with Gasteiger partial charge in [-0.25, -0.2) is 0 Å². The Morgan fingerprint density at radius 2 is 2.15 bits per heavy atom. The first-order chi connectivity index (χ1) is 9.80. The number of ether oxygens (including phenoxy) is 1. The van der Waals surface area contributed by atoms with Crippen molar-refractivity contribution in [3.05, 3.63) is 66.3 Å². The molecule has 0 aliphatic heterocycles. The molecule has 1 aromatic carbocycles. The fraction of sp³-hybridized carbons (Fsp3) is 0.278. The molecule has 0 bridgehead atoms. The van der Waals surface area contributed by atoms with Gasteiger partial charge in [-0.15, -0.1) is 6.58 Å². The number of para-hydroxylation sites is 1. The number of benzene rings is 1. The lowest BCUT2D eigenvalue weighted by molar-refractivity contribution is 0.212. The van der Waals surface area contributed by atoms with Crippen LogP contribution in [0.5, 0.6) is 5.75 Å². The molecule has 0 saturated carbocycles. The molecule has 0 aromatic heterocycles. The van der Waals surface area contributed by atoms with Crippen molar-refractivity contribution < 1.29 is 4.74 Å². The summed E-state index contributed by atoms with van der Waals surface area (Å²) in [6.45, 7) is 7.71. The smallest absolute Gasteiger partial charge is 0.137 e. The Bertz CT molecular complexity index is 577. The highest BCUT2D eigenvalue weighted by molar-refractivity contribution is 5.43. The van der Waals surface area contributed by atoms with Crippen LogP contribution < -0.4 is 4.74 Å². The van der Waals surface area contributed by atoms with Crippen molar-refractivity contribution in [3.8, 4) is 11.8 Å². The summed E-state index contributed by atoms with van der Waals surface area (Å²) in [5.74, 6) is 0.659. The number of nitriles is 1. The van der Waals surface area contributed by atoms with E-state index in [-0.39, 0.29) is 6.10 Å². The zero-order chi connectivity index (χ0) is 14.4. The average molecular weight is 265 g/mol.